The van der Waals surface area contributed by atoms with Crippen LogP contribution in [-0.4, -0.2) is 34.8 Å². The fraction of sp³-hybridized carbons (Fsp3) is 0.733. The Hall–Kier alpha value is -0.870. The number of hydrogen-bond acceptors (Lipinski definition) is 4. The monoisotopic (exact) mass is 295 g/mol. The van der Waals surface area contributed by atoms with Crippen molar-refractivity contribution in [3.8, 4) is 0 Å². The molecular formula is C15H22ClN3O. The van der Waals surface area contributed by atoms with Crippen LogP contribution in [0.3, 0.4) is 0 Å². The van der Waals surface area contributed by atoms with Crippen molar-refractivity contribution in [3.05, 3.63) is 17.0 Å². The summed E-state index contributed by atoms with van der Waals surface area (Å²) in [7, 11) is 2.10. The molecule has 1 aromatic heterocycles. The molecule has 0 amide bonds. The molecule has 0 saturated heterocycles. The molecule has 1 N–H and O–H groups in total. The number of nitrogens with zero attached hydrogens (tertiary/aromatic N) is 3. The third kappa shape index (κ3) is 3.07. The molecule has 0 unspecified atom stereocenters. The molecule has 4 nitrogen and oxygen atoms in total. The maximum atomic E-state index is 9.22. The van der Waals surface area contributed by atoms with Gasteiger partial charge in [0.25, 0.3) is 0 Å². The lowest BCUT2D eigenvalue weighted by Crippen LogP contribution is -2.36. The van der Waals surface area contributed by atoms with Gasteiger partial charge in [0.05, 0.1) is 0 Å². The van der Waals surface area contributed by atoms with E-state index in [-0.39, 0.29) is 0 Å². The van der Waals surface area contributed by atoms with E-state index in [4.69, 9.17) is 16.6 Å². The van der Waals surface area contributed by atoms with Gasteiger partial charge < -0.3 is 10.0 Å². The summed E-state index contributed by atoms with van der Waals surface area (Å²) in [6.45, 7) is 0.321. The van der Waals surface area contributed by atoms with E-state index in [1.165, 1.54) is 12.8 Å². The number of rotatable bonds is 4. The Morgan fingerprint density at radius 2 is 1.90 bits per heavy atom. The number of aliphatic hydroxyl groups excluding tert-OH is 1. The molecule has 2 aliphatic rings. The highest BCUT2D eigenvalue weighted by atomic mass is 35.5. The van der Waals surface area contributed by atoms with Crippen molar-refractivity contribution in [2.75, 3.05) is 18.6 Å². The van der Waals surface area contributed by atoms with Crippen LogP contribution in [0, 0.1) is 5.92 Å². The maximum Gasteiger partial charge on any atom is 0.135 e. The lowest BCUT2D eigenvalue weighted by Gasteiger charge is -2.35. The minimum atomic E-state index is 0.321. The van der Waals surface area contributed by atoms with Crippen LogP contribution in [0.5, 0.6) is 0 Å². The van der Waals surface area contributed by atoms with Crippen LogP contribution in [-0.2, 0) is 0 Å². The molecule has 110 valence electrons. The Labute approximate surface area is 125 Å². The van der Waals surface area contributed by atoms with E-state index in [2.05, 4.69) is 16.9 Å². The fourth-order valence-electron chi connectivity index (χ4n) is 3.03. The highest BCUT2D eigenvalue weighted by Crippen LogP contribution is 2.39. The Bertz CT molecular complexity index is 470. The van der Waals surface area contributed by atoms with Crippen molar-refractivity contribution in [1.29, 1.82) is 0 Å². The summed E-state index contributed by atoms with van der Waals surface area (Å²) in [6, 6.07) is 2.36. The fourth-order valence-corrected chi connectivity index (χ4v) is 3.21. The SMILES string of the molecule is CN(c1cc(Cl)nc(C2CC2)n1)C1CCC(CO)CC1. The van der Waals surface area contributed by atoms with Gasteiger partial charge in [-0.1, -0.05) is 11.6 Å². The smallest absolute Gasteiger partial charge is 0.135 e. The lowest BCUT2D eigenvalue weighted by molar-refractivity contribution is 0.182. The molecular weight excluding hydrogens is 274 g/mol. The minimum Gasteiger partial charge on any atom is -0.396 e. The van der Waals surface area contributed by atoms with Crippen molar-refractivity contribution in [2.45, 2.75) is 50.5 Å². The standard InChI is InChI=1S/C15H22ClN3O/c1-19(12-6-2-10(9-20)3-7-12)14-8-13(16)17-15(18-14)11-4-5-11/h8,10-12,20H,2-7,9H2,1H3. The van der Waals surface area contributed by atoms with Crippen molar-refractivity contribution in [1.82, 2.24) is 9.97 Å². The van der Waals surface area contributed by atoms with E-state index in [1.807, 2.05) is 6.07 Å². The predicted octanol–water partition coefficient (Wildman–Crippen LogP) is 2.99. The van der Waals surface area contributed by atoms with Crippen LogP contribution in [0.25, 0.3) is 0 Å². The quantitative estimate of drug-likeness (QED) is 0.868. The lowest BCUT2D eigenvalue weighted by atomic mass is 9.86. The molecule has 2 saturated carbocycles. The zero-order valence-corrected chi connectivity index (χ0v) is 12.7. The topological polar surface area (TPSA) is 49.2 Å². The first kappa shape index (κ1) is 14.1. The third-order valence-electron chi connectivity index (χ3n) is 4.62. The van der Waals surface area contributed by atoms with Crippen molar-refractivity contribution >= 4 is 17.4 Å². The van der Waals surface area contributed by atoms with Crippen molar-refractivity contribution in [3.63, 3.8) is 0 Å². The van der Waals surface area contributed by atoms with Crippen LogP contribution >= 0.6 is 11.6 Å². The van der Waals surface area contributed by atoms with Crippen molar-refractivity contribution < 1.29 is 5.11 Å². The molecule has 0 bridgehead atoms. The van der Waals surface area contributed by atoms with Gasteiger partial charge in [-0.25, -0.2) is 9.97 Å². The average Bonchev–Trinajstić information content (AvgIpc) is 3.30. The molecule has 2 fully saturated rings. The van der Waals surface area contributed by atoms with Gasteiger partial charge in [-0.2, -0.15) is 0 Å². The van der Waals surface area contributed by atoms with Crippen molar-refractivity contribution in [2.24, 2.45) is 5.92 Å². The summed E-state index contributed by atoms with van der Waals surface area (Å²) < 4.78 is 0. The van der Waals surface area contributed by atoms with Gasteiger partial charge in [-0.05, 0) is 44.4 Å². The van der Waals surface area contributed by atoms with E-state index in [0.29, 0.717) is 29.6 Å². The van der Waals surface area contributed by atoms with Gasteiger partial charge in [0, 0.05) is 31.7 Å². The van der Waals surface area contributed by atoms with Gasteiger partial charge in [0.2, 0.25) is 0 Å². The molecule has 3 rings (SSSR count). The second-order valence-corrected chi connectivity index (χ2v) is 6.54. The Balaban J connectivity index is 1.71. The third-order valence-corrected chi connectivity index (χ3v) is 4.82. The Kier molecular flexibility index (Phi) is 4.13. The maximum absolute atomic E-state index is 9.22. The zero-order chi connectivity index (χ0) is 14.1. The summed E-state index contributed by atoms with van der Waals surface area (Å²) in [5.74, 6) is 2.85. The summed E-state index contributed by atoms with van der Waals surface area (Å²) in [4.78, 5) is 11.3. The van der Waals surface area contributed by atoms with E-state index in [1.54, 1.807) is 0 Å². The van der Waals surface area contributed by atoms with Gasteiger partial charge in [0.15, 0.2) is 0 Å². The van der Waals surface area contributed by atoms with Crippen LogP contribution in [0.15, 0.2) is 6.07 Å². The summed E-state index contributed by atoms with van der Waals surface area (Å²) in [5.41, 5.74) is 0. The predicted molar refractivity (Wildman–Crippen MR) is 80.3 cm³/mol. The van der Waals surface area contributed by atoms with E-state index in [0.717, 1.165) is 37.3 Å². The van der Waals surface area contributed by atoms with E-state index in [9.17, 15) is 5.11 Å². The molecule has 0 atom stereocenters. The average molecular weight is 296 g/mol. The van der Waals surface area contributed by atoms with Gasteiger partial charge in [0.1, 0.15) is 16.8 Å². The van der Waals surface area contributed by atoms with Gasteiger partial charge >= 0.3 is 0 Å². The number of aliphatic hydroxyl groups is 1. The number of anilines is 1. The number of halogens is 1. The van der Waals surface area contributed by atoms with Crippen LogP contribution in [0.1, 0.15) is 50.3 Å². The molecule has 5 heteroatoms. The zero-order valence-electron chi connectivity index (χ0n) is 11.9. The normalized spacial score (nSPS) is 26.6. The summed E-state index contributed by atoms with van der Waals surface area (Å²) >= 11 is 6.14. The van der Waals surface area contributed by atoms with E-state index < -0.39 is 0 Å². The van der Waals surface area contributed by atoms with Gasteiger partial charge in [-0.15, -0.1) is 0 Å². The molecule has 0 radical (unpaired) electrons. The molecule has 0 aromatic carbocycles. The molecule has 1 heterocycles. The molecule has 1 aromatic rings. The van der Waals surface area contributed by atoms with Crippen LogP contribution < -0.4 is 4.90 Å². The molecule has 20 heavy (non-hydrogen) atoms. The van der Waals surface area contributed by atoms with Crippen LogP contribution in [0.2, 0.25) is 5.15 Å². The molecule has 0 spiro atoms. The van der Waals surface area contributed by atoms with Gasteiger partial charge in [-0.3, -0.25) is 0 Å². The van der Waals surface area contributed by atoms with E-state index >= 15 is 0 Å². The molecule has 0 aliphatic heterocycles. The number of hydrogen-bond donors (Lipinski definition) is 1. The van der Waals surface area contributed by atoms with Crippen LogP contribution in [0.4, 0.5) is 5.82 Å². The molecule has 2 aliphatic carbocycles. The highest BCUT2D eigenvalue weighted by molar-refractivity contribution is 6.29. The summed E-state index contributed by atoms with van der Waals surface area (Å²) in [6.07, 6.45) is 6.79. The first-order valence-corrected chi connectivity index (χ1v) is 7.93. The number of aromatic nitrogens is 2. The highest BCUT2D eigenvalue weighted by Gasteiger charge is 2.29. The largest absolute Gasteiger partial charge is 0.396 e. The second-order valence-electron chi connectivity index (χ2n) is 6.15. The minimum absolute atomic E-state index is 0.321. The summed E-state index contributed by atoms with van der Waals surface area (Å²) in [5, 5.41) is 9.77. The first-order valence-electron chi connectivity index (χ1n) is 7.55. The Morgan fingerprint density at radius 3 is 2.50 bits per heavy atom. The second kappa shape index (κ2) is 5.86. The first-order chi connectivity index (χ1) is 9.67. The Morgan fingerprint density at radius 1 is 1.20 bits per heavy atom.